The van der Waals surface area contributed by atoms with Gasteiger partial charge in [-0.2, -0.15) is 0 Å². The van der Waals surface area contributed by atoms with Gasteiger partial charge in [0.15, 0.2) is 0 Å². The van der Waals surface area contributed by atoms with Gasteiger partial charge in [-0.25, -0.2) is 8.42 Å². The summed E-state index contributed by atoms with van der Waals surface area (Å²) in [7, 11) is -3.20. The Kier molecular flexibility index (Phi) is 6.17. The van der Waals surface area contributed by atoms with E-state index in [1.807, 2.05) is 0 Å². The van der Waals surface area contributed by atoms with Gasteiger partial charge < -0.3 is 4.74 Å². The van der Waals surface area contributed by atoms with Crippen molar-refractivity contribution in [3.63, 3.8) is 0 Å². The lowest BCUT2D eigenvalue weighted by Crippen LogP contribution is -2.44. The fourth-order valence-electron chi connectivity index (χ4n) is 2.69. The van der Waals surface area contributed by atoms with Gasteiger partial charge in [0.2, 0.25) is 0 Å². The summed E-state index contributed by atoms with van der Waals surface area (Å²) in [5.41, 5.74) is -1.23. The molecule has 0 heterocycles. The fourth-order valence-corrected chi connectivity index (χ4v) is 4.17. The van der Waals surface area contributed by atoms with Crippen molar-refractivity contribution < 1.29 is 22.7 Å². The Morgan fingerprint density at radius 3 is 2.50 bits per heavy atom. The zero-order valence-corrected chi connectivity index (χ0v) is 13.1. The van der Waals surface area contributed by atoms with E-state index >= 15 is 0 Å². The topological polar surface area (TPSA) is 77.5 Å². The van der Waals surface area contributed by atoms with Crippen LogP contribution in [0.1, 0.15) is 52.4 Å². The molecule has 0 radical (unpaired) electrons. The van der Waals surface area contributed by atoms with Gasteiger partial charge in [-0.3, -0.25) is 9.59 Å². The van der Waals surface area contributed by atoms with E-state index < -0.39 is 21.2 Å². The molecule has 1 unspecified atom stereocenters. The maximum atomic E-state index is 12.2. The molecule has 116 valence electrons. The lowest BCUT2D eigenvalue weighted by Gasteiger charge is -2.33. The van der Waals surface area contributed by atoms with Crippen molar-refractivity contribution in [2.75, 3.05) is 18.1 Å². The highest BCUT2D eigenvalue weighted by atomic mass is 32.2. The van der Waals surface area contributed by atoms with Gasteiger partial charge in [0.1, 0.15) is 21.0 Å². The van der Waals surface area contributed by atoms with Crippen LogP contribution in [0.25, 0.3) is 0 Å². The first kappa shape index (κ1) is 17.1. The third-order valence-corrected chi connectivity index (χ3v) is 5.67. The quantitative estimate of drug-likeness (QED) is 0.530. The molecule has 0 saturated heterocycles. The number of sulfone groups is 1. The molecule has 1 aliphatic carbocycles. The van der Waals surface area contributed by atoms with Crippen LogP contribution in [0.2, 0.25) is 0 Å². The van der Waals surface area contributed by atoms with Gasteiger partial charge in [-0.05, 0) is 32.6 Å². The number of esters is 1. The Labute approximate surface area is 121 Å². The Morgan fingerprint density at radius 2 is 1.95 bits per heavy atom. The Bertz CT molecular complexity index is 454. The average molecular weight is 304 g/mol. The second-order valence-electron chi connectivity index (χ2n) is 5.33. The van der Waals surface area contributed by atoms with E-state index in [-0.39, 0.29) is 30.3 Å². The molecule has 1 aliphatic rings. The largest absolute Gasteiger partial charge is 0.465 e. The summed E-state index contributed by atoms with van der Waals surface area (Å²) < 4.78 is 28.7. The van der Waals surface area contributed by atoms with Crippen LogP contribution in [0.4, 0.5) is 0 Å². The number of ketones is 1. The number of ether oxygens (including phenoxy) is 1. The highest BCUT2D eigenvalue weighted by Gasteiger charge is 2.48. The summed E-state index contributed by atoms with van der Waals surface area (Å²) in [5.74, 6) is -0.726. The third-order valence-electron chi connectivity index (χ3n) is 3.81. The highest BCUT2D eigenvalue weighted by molar-refractivity contribution is 7.91. The summed E-state index contributed by atoms with van der Waals surface area (Å²) in [6.45, 7) is 3.69. The molecule has 0 amide bonds. The molecule has 1 rings (SSSR count). The average Bonchev–Trinajstić information content (AvgIpc) is 2.38. The SMILES string of the molecule is CCCS(=O)(=O)CCC1(C(=O)OCC)CCCCC1=O. The Morgan fingerprint density at radius 1 is 1.25 bits per heavy atom. The molecule has 1 fully saturated rings. The zero-order chi connectivity index (χ0) is 15.2. The van der Waals surface area contributed by atoms with E-state index in [0.717, 1.165) is 12.8 Å². The predicted molar refractivity (Wildman–Crippen MR) is 76.1 cm³/mol. The highest BCUT2D eigenvalue weighted by Crippen LogP contribution is 2.38. The summed E-state index contributed by atoms with van der Waals surface area (Å²) in [4.78, 5) is 24.4. The number of hydrogen-bond acceptors (Lipinski definition) is 5. The van der Waals surface area contributed by atoms with Crippen LogP contribution < -0.4 is 0 Å². The van der Waals surface area contributed by atoms with Gasteiger partial charge in [0.05, 0.1) is 12.4 Å². The van der Waals surface area contributed by atoms with Gasteiger partial charge in [0.25, 0.3) is 0 Å². The molecule has 0 aromatic rings. The molecule has 6 heteroatoms. The van der Waals surface area contributed by atoms with Crippen LogP contribution >= 0.6 is 0 Å². The zero-order valence-electron chi connectivity index (χ0n) is 12.3. The standard InChI is InChI=1S/C14H24O5S/c1-3-10-20(17,18)11-9-14(13(16)19-4-2)8-6-5-7-12(14)15/h3-11H2,1-2H3. The van der Waals surface area contributed by atoms with Crippen LogP contribution in [0, 0.1) is 5.41 Å². The number of rotatable bonds is 7. The molecule has 20 heavy (non-hydrogen) atoms. The van der Waals surface area contributed by atoms with Crippen LogP contribution in [0.3, 0.4) is 0 Å². The third kappa shape index (κ3) is 4.04. The van der Waals surface area contributed by atoms with E-state index in [4.69, 9.17) is 4.74 Å². The monoisotopic (exact) mass is 304 g/mol. The Balaban J connectivity index is 2.89. The molecule has 0 aromatic heterocycles. The predicted octanol–water partition coefficient (Wildman–Crippen LogP) is 1.89. The first-order valence-electron chi connectivity index (χ1n) is 7.29. The van der Waals surface area contributed by atoms with Gasteiger partial charge in [-0.15, -0.1) is 0 Å². The van der Waals surface area contributed by atoms with Crippen molar-refractivity contribution in [3.8, 4) is 0 Å². The maximum absolute atomic E-state index is 12.2. The second-order valence-corrected chi connectivity index (χ2v) is 7.64. The minimum absolute atomic E-state index is 0.0625. The summed E-state index contributed by atoms with van der Waals surface area (Å²) in [6, 6.07) is 0. The molecule has 0 aliphatic heterocycles. The number of carbonyl (C=O) groups is 2. The normalized spacial score (nSPS) is 23.6. The molecule has 0 bridgehead atoms. The van der Waals surface area contributed by atoms with Crippen LogP contribution in [-0.4, -0.2) is 38.3 Å². The second kappa shape index (κ2) is 7.20. The van der Waals surface area contributed by atoms with Crippen molar-refractivity contribution in [1.29, 1.82) is 0 Å². The molecule has 0 spiro atoms. The van der Waals surface area contributed by atoms with Gasteiger partial charge in [-0.1, -0.05) is 13.3 Å². The van der Waals surface area contributed by atoms with Crippen molar-refractivity contribution in [3.05, 3.63) is 0 Å². The maximum Gasteiger partial charge on any atom is 0.319 e. The van der Waals surface area contributed by atoms with E-state index in [0.29, 0.717) is 19.3 Å². The van der Waals surface area contributed by atoms with Crippen molar-refractivity contribution in [2.24, 2.45) is 5.41 Å². The molecule has 0 N–H and O–H groups in total. The lowest BCUT2D eigenvalue weighted by molar-refractivity contribution is -0.162. The fraction of sp³-hybridized carbons (Fsp3) is 0.857. The summed E-state index contributed by atoms with van der Waals surface area (Å²) in [6.07, 6.45) is 2.88. The molecular formula is C14H24O5S. The van der Waals surface area contributed by atoms with Gasteiger partial charge >= 0.3 is 5.97 Å². The lowest BCUT2D eigenvalue weighted by atomic mass is 9.71. The van der Waals surface area contributed by atoms with E-state index in [9.17, 15) is 18.0 Å². The van der Waals surface area contributed by atoms with Crippen molar-refractivity contribution in [2.45, 2.75) is 52.4 Å². The molecule has 0 aromatic carbocycles. The molecular weight excluding hydrogens is 280 g/mol. The van der Waals surface area contributed by atoms with Crippen LogP contribution in [0.15, 0.2) is 0 Å². The first-order valence-corrected chi connectivity index (χ1v) is 9.11. The molecule has 1 atom stereocenters. The molecule has 5 nitrogen and oxygen atoms in total. The van der Waals surface area contributed by atoms with Crippen molar-refractivity contribution in [1.82, 2.24) is 0 Å². The Hall–Kier alpha value is -0.910. The van der Waals surface area contributed by atoms with Gasteiger partial charge in [0, 0.05) is 12.2 Å². The van der Waals surface area contributed by atoms with Crippen LogP contribution in [-0.2, 0) is 24.2 Å². The van der Waals surface area contributed by atoms with Crippen LogP contribution in [0.5, 0.6) is 0 Å². The number of carbonyl (C=O) groups excluding carboxylic acids is 2. The summed E-state index contributed by atoms with van der Waals surface area (Å²) >= 11 is 0. The van der Waals surface area contributed by atoms with E-state index in [1.165, 1.54) is 0 Å². The minimum atomic E-state index is -3.20. The smallest absolute Gasteiger partial charge is 0.319 e. The van der Waals surface area contributed by atoms with E-state index in [2.05, 4.69) is 0 Å². The van der Waals surface area contributed by atoms with E-state index in [1.54, 1.807) is 13.8 Å². The number of Topliss-reactive ketones (excluding diaryl/α,β-unsaturated/α-hetero) is 1. The minimum Gasteiger partial charge on any atom is -0.465 e. The summed E-state index contributed by atoms with van der Waals surface area (Å²) in [5, 5.41) is 0. The number of hydrogen-bond donors (Lipinski definition) is 0. The molecule has 1 saturated carbocycles. The van der Waals surface area contributed by atoms with Crippen molar-refractivity contribution >= 4 is 21.6 Å². The first-order chi connectivity index (χ1) is 9.38.